The Morgan fingerprint density at radius 3 is 2.16 bits per heavy atom. The van der Waals surface area contributed by atoms with Crippen LogP contribution in [0.3, 0.4) is 0 Å². The molecule has 32 heavy (non-hydrogen) atoms. The van der Waals surface area contributed by atoms with E-state index in [1.54, 1.807) is 11.8 Å². The van der Waals surface area contributed by atoms with Crippen molar-refractivity contribution in [1.29, 1.82) is 0 Å². The maximum atomic E-state index is 5.63. The number of aromatic nitrogens is 3. The summed E-state index contributed by atoms with van der Waals surface area (Å²) in [6.45, 7) is 9.31. The second-order valence-corrected chi connectivity index (χ2v) is 9.61. The number of nitrogens with zero attached hydrogens (tertiary/aromatic N) is 3. The molecule has 164 valence electrons. The molecule has 0 radical (unpaired) electrons. The molecule has 0 amide bonds. The van der Waals surface area contributed by atoms with Gasteiger partial charge in [-0.15, -0.1) is 10.2 Å². The molecule has 0 unspecified atom stereocenters. The van der Waals surface area contributed by atoms with Crippen LogP contribution in [0.1, 0.15) is 38.8 Å². The summed E-state index contributed by atoms with van der Waals surface area (Å²) in [7, 11) is 0. The van der Waals surface area contributed by atoms with Gasteiger partial charge < -0.3 is 4.74 Å². The van der Waals surface area contributed by atoms with Gasteiger partial charge in [-0.1, -0.05) is 87.1 Å². The van der Waals surface area contributed by atoms with Crippen molar-refractivity contribution >= 4 is 11.8 Å². The highest BCUT2D eigenvalue weighted by atomic mass is 32.2. The van der Waals surface area contributed by atoms with Gasteiger partial charge in [0.15, 0.2) is 11.0 Å². The Hall–Kier alpha value is -3.05. The summed E-state index contributed by atoms with van der Waals surface area (Å²) in [6, 6.07) is 27.2. The molecule has 4 rings (SSSR count). The highest BCUT2D eigenvalue weighted by Crippen LogP contribution is 2.32. The number of ether oxygens (including phenoxy) is 1. The van der Waals surface area contributed by atoms with Crippen molar-refractivity contribution < 1.29 is 4.74 Å². The molecule has 0 aliphatic heterocycles. The molecule has 0 spiro atoms. The first kappa shape index (κ1) is 22.2. The van der Waals surface area contributed by atoms with E-state index in [-0.39, 0.29) is 5.41 Å². The summed E-state index contributed by atoms with van der Waals surface area (Å²) in [5, 5.41) is 10.0. The van der Waals surface area contributed by atoms with Crippen LogP contribution >= 0.6 is 11.8 Å². The van der Waals surface area contributed by atoms with Crippen LogP contribution in [0.25, 0.3) is 17.1 Å². The first-order valence-corrected chi connectivity index (χ1v) is 11.9. The SMILES string of the molecule is CCOc1ccc(-n2c(SCc3ccccc3)nnc2-c2ccc(C(C)(C)C)cc2)cc1. The number of hydrogen-bond donors (Lipinski definition) is 0. The van der Waals surface area contributed by atoms with Crippen molar-refractivity contribution in [2.75, 3.05) is 6.61 Å². The summed E-state index contributed by atoms with van der Waals surface area (Å²) >= 11 is 1.69. The van der Waals surface area contributed by atoms with Crippen molar-refractivity contribution in [3.63, 3.8) is 0 Å². The van der Waals surface area contributed by atoms with Crippen molar-refractivity contribution in [3.8, 4) is 22.8 Å². The van der Waals surface area contributed by atoms with E-state index in [1.807, 2.05) is 25.1 Å². The van der Waals surface area contributed by atoms with Crippen molar-refractivity contribution in [3.05, 3.63) is 90.0 Å². The van der Waals surface area contributed by atoms with Crippen molar-refractivity contribution in [2.24, 2.45) is 0 Å². The molecule has 4 aromatic rings. The molecule has 0 fully saturated rings. The van der Waals surface area contributed by atoms with Crippen molar-refractivity contribution in [2.45, 2.75) is 44.0 Å². The topological polar surface area (TPSA) is 39.9 Å². The fourth-order valence-electron chi connectivity index (χ4n) is 3.48. The first-order chi connectivity index (χ1) is 15.5. The molecule has 0 bridgehead atoms. The third-order valence-electron chi connectivity index (χ3n) is 5.26. The predicted molar refractivity (Wildman–Crippen MR) is 133 cm³/mol. The summed E-state index contributed by atoms with van der Waals surface area (Å²) in [6.07, 6.45) is 0. The van der Waals surface area contributed by atoms with Gasteiger partial charge in [0.2, 0.25) is 0 Å². The second-order valence-electron chi connectivity index (χ2n) is 8.67. The zero-order chi connectivity index (χ0) is 22.6. The lowest BCUT2D eigenvalue weighted by Gasteiger charge is -2.19. The van der Waals surface area contributed by atoms with E-state index in [0.717, 1.165) is 33.7 Å². The minimum Gasteiger partial charge on any atom is -0.494 e. The fraction of sp³-hybridized carbons (Fsp3) is 0.259. The maximum absolute atomic E-state index is 5.63. The molecule has 0 aliphatic carbocycles. The molecule has 0 aliphatic rings. The Balaban J connectivity index is 1.71. The van der Waals surface area contributed by atoms with Gasteiger partial charge in [-0.2, -0.15) is 0 Å². The van der Waals surface area contributed by atoms with E-state index >= 15 is 0 Å². The number of hydrogen-bond acceptors (Lipinski definition) is 4. The molecule has 0 saturated carbocycles. The zero-order valence-electron chi connectivity index (χ0n) is 19.1. The average Bonchev–Trinajstić information content (AvgIpc) is 3.22. The minimum absolute atomic E-state index is 0.109. The molecule has 4 nitrogen and oxygen atoms in total. The average molecular weight is 444 g/mol. The Labute approximate surface area is 194 Å². The van der Waals surface area contributed by atoms with Crippen LogP contribution in [0, 0.1) is 0 Å². The zero-order valence-corrected chi connectivity index (χ0v) is 19.9. The van der Waals surface area contributed by atoms with E-state index in [4.69, 9.17) is 4.74 Å². The number of benzene rings is 3. The third kappa shape index (κ3) is 5.05. The lowest BCUT2D eigenvalue weighted by molar-refractivity contribution is 0.340. The molecule has 1 heterocycles. The van der Waals surface area contributed by atoms with Crippen LogP contribution in [0.4, 0.5) is 0 Å². The summed E-state index contributed by atoms with van der Waals surface area (Å²) in [5.74, 6) is 2.53. The van der Waals surface area contributed by atoms with Gasteiger partial charge in [-0.3, -0.25) is 4.57 Å². The van der Waals surface area contributed by atoms with Gasteiger partial charge in [-0.25, -0.2) is 0 Å². The lowest BCUT2D eigenvalue weighted by Crippen LogP contribution is -2.10. The first-order valence-electron chi connectivity index (χ1n) is 10.9. The standard InChI is InChI=1S/C27H29N3OS/c1-5-31-24-17-15-23(16-18-24)30-25(21-11-13-22(14-12-21)27(2,3)4)28-29-26(30)32-19-20-9-7-6-8-10-20/h6-18H,5,19H2,1-4H3. The van der Waals surface area contributed by atoms with Gasteiger partial charge in [0, 0.05) is 17.0 Å². The molecular weight excluding hydrogens is 414 g/mol. The molecule has 5 heteroatoms. The van der Waals surface area contributed by atoms with Gasteiger partial charge in [0.05, 0.1) is 6.61 Å². The number of rotatable bonds is 7. The lowest BCUT2D eigenvalue weighted by atomic mass is 9.87. The predicted octanol–water partition coefficient (Wildman–Crippen LogP) is 6.92. The monoisotopic (exact) mass is 443 g/mol. The smallest absolute Gasteiger partial charge is 0.196 e. The van der Waals surface area contributed by atoms with Crippen LogP contribution < -0.4 is 4.74 Å². The largest absolute Gasteiger partial charge is 0.494 e. The van der Waals surface area contributed by atoms with Crippen LogP contribution in [-0.4, -0.2) is 21.4 Å². The van der Waals surface area contributed by atoms with E-state index in [9.17, 15) is 0 Å². The van der Waals surface area contributed by atoms with E-state index in [0.29, 0.717) is 6.61 Å². The van der Waals surface area contributed by atoms with Gasteiger partial charge >= 0.3 is 0 Å². The maximum Gasteiger partial charge on any atom is 0.196 e. The summed E-state index contributed by atoms with van der Waals surface area (Å²) in [4.78, 5) is 0. The quantitative estimate of drug-likeness (QED) is 0.291. The Morgan fingerprint density at radius 2 is 1.53 bits per heavy atom. The van der Waals surface area contributed by atoms with Gasteiger partial charge in [0.25, 0.3) is 0 Å². The van der Waals surface area contributed by atoms with E-state index in [1.165, 1.54) is 11.1 Å². The van der Waals surface area contributed by atoms with E-state index < -0.39 is 0 Å². The molecular formula is C27H29N3OS. The highest BCUT2D eigenvalue weighted by Gasteiger charge is 2.18. The van der Waals surface area contributed by atoms with Gasteiger partial charge in [-0.05, 0) is 47.7 Å². The fourth-order valence-corrected chi connectivity index (χ4v) is 4.39. The van der Waals surface area contributed by atoms with E-state index in [2.05, 4.69) is 96.2 Å². The summed E-state index contributed by atoms with van der Waals surface area (Å²) in [5.41, 5.74) is 4.73. The minimum atomic E-state index is 0.109. The molecule has 0 N–H and O–H groups in total. The van der Waals surface area contributed by atoms with Crippen LogP contribution in [-0.2, 0) is 11.2 Å². The number of thioether (sulfide) groups is 1. The Kier molecular flexibility index (Phi) is 6.66. The normalized spacial score (nSPS) is 11.5. The molecule has 0 atom stereocenters. The highest BCUT2D eigenvalue weighted by molar-refractivity contribution is 7.98. The molecule has 1 aromatic heterocycles. The molecule has 0 saturated heterocycles. The van der Waals surface area contributed by atoms with Crippen LogP contribution in [0.2, 0.25) is 0 Å². The third-order valence-corrected chi connectivity index (χ3v) is 6.26. The van der Waals surface area contributed by atoms with Gasteiger partial charge in [0.1, 0.15) is 5.75 Å². The summed E-state index contributed by atoms with van der Waals surface area (Å²) < 4.78 is 7.76. The van der Waals surface area contributed by atoms with Crippen LogP contribution in [0.15, 0.2) is 84.0 Å². The molecule has 3 aromatic carbocycles. The van der Waals surface area contributed by atoms with Crippen molar-refractivity contribution in [1.82, 2.24) is 14.8 Å². The Bertz CT molecular complexity index is 1140. The second kappa shape index (κ2) is 9.61. The Morgan fingerprint density at radius 1 is 0.844 bits per heavy atom. The van der Waals surface area contributed by atoms with Crippen LogP contribution in [0.5, 0.6) is 5.75 Å².